The Morgan fingerprint density at radius 2 is 1.72 bits per heavy atom. The minimum absolute atomic E-state index is 0.0580. The minimum atomic E-state index is -0.183. The van der Waals surface area contributed by atoms with Gasteiger partial charge in [-0.15, -0.1) is 0 Å². The van der Waals surface area contributed by atoms with Gasteiger partial charge in [0.2, 0.25) is 0 Å². The summed E-state index contributed by atoms with van der Waals surface area (Å²) < 4.78 is 5.77. The largest absolute Gasteiger partial charge is 0.372 e. The Bertz CT molecular complexity index is 544. The molecule has 1 heterocycles. The van der Waals surface area contributed by atoms with Gasteiger partial charge in [-0.3, -0.25) is 0 Å². The first kappa shape index (κ1) is 19.5. The van der Waals surface area contributed by atoms with Gasteiger partial charge in [0.15, 0.2) is 0 Å². The summed E-state index contributed by atoms with van der Waals surface area (Å²) in [6, 6.07) is 7.78. The molecular formula is C19H32N4O2. The van der Waals surface area contributed by atoms with Crippen molar-refractivity contribution in [1.29, 1.82) is 0 Å². The first-order valence-electron chi connectivity index (χ1n) is 9.03. The van der Waals surface area contributed by atoms with Gasteiger partial charge in [-0.2, -0.15) is 0 Å². The summed E-state index contributed by atoms with van der Waals surface area (Å²) in [7, 11) is 0. The van der Waals surface area contributed by atoms with Crippen molar-refractivity contribution in [2.45, 2.75) is 52.4 Å². The molecule has 6 heteroatoms. The van der Waals surface area contributed by atoms with E-state index < -0.39 is 0 Å². The molecule has 2 amide bonds. The third-order valence-corrected chi connectivity index (χ3v) is 3.98. The number of carbonyl (C=O) groups is 1. The normalized spacial score (nSPS) is 21.1. The van der Waals surface area contributed by atoms with Gasteiger partial charge in [-0.05, 0) is 58.9 Å². The van der Waals surface area contributed by atoms with Crippen LogP contribution in [0.1, 0.15) is 34.6 Å². The standard InChI is InChI=1S/C19H32N4O2/c1-14-12-23(13-15(2)25-14)17-8-6-16(7-9-17)22-18(24)20-10-11-21-19(3,4)5/h6-9,14-15,21H,10-13H2,1-5H3,(H2,20,22,24)/t14-,15-/m0/s1. The number of nitrogens with zero attached hydrogens (tertiary/aromatic N) is 1. The number of nitrogens with one attached hydrogen (secondary N) is 3. The van der Waals surface area contributed by atoms with Crippen molar-refractivity contribution in [2.75, 3.05) is 36.4 Å². The van der Waals surface area contributed by atoms with E-state index in [1.165, 1.54) is 0 Å². The van der Waals surface area contributed by atoms with E-state index in [1.807, 2.05) is 24.3 Å². The summed E-state index contributed by atoms with van der Waals surface area (Å²) >= 11 is 0. The molecule has 1 aliphatic heterocycles. The Kier molecular flexibility index (Phi) is 6.67. The molecule has 25 heavy (non-hydrogen) atoms. The highest BCUT2D eigenvalue weighted by Crippen LogP contribution is 2.22. The number of hydrogen-bond donors (Lipinski definition) is 3. The predicted molar refractivity (Wildman–Crippen MR) is 103 cm³/mol. The molecule has 6 nitrogen and oxygen atoms in total. The molecule has 0 aromatic heterocycles. The quantitative estimate of drug-likeness (QED) is 0.716. The Hall–Kier alpha value is -1.79. The number of hydrogen-bond acceptors (Lipinski definition) is 4. The van der Waals surface area contributed by atoms with Crippen molar-refractivity contribution in [3.05, 3.63) is 24.3 Å². The van der Waals surface area contributed by atoms with Gasteiger partial charge in [0, 0.05) is 43.1 Å². The SMILES string of the molecule is C[C@H]1CN(c2ccc(NC(=O)NCCNC(C)(C)C)cc2)C[C@H](C)O1. The molecule has 3 N–H and O–H groups in total. The van der Waals surface area contributed by atoms with E-state index in [2.05, 4.69) is 55.5 Å². The minimum Gasteiger partial charge on any atom is -0.372 e. The van der Waals surface area contributed by atoms with Crippen molar-refractivity contribution in [1.82, 2.24) is 10.6 Å². The lowest BCUT2D eigenvalue weighted by molar-refractivity contribution is -0.00521. The second-order valence-corrected chi connectivity index (χ2v) is 7.77. The second kappa shape index (κ2) is 8.54. The van der Waals surface area contributed by atoms with Gasteiger partial charge in [0.05, 0.1) is 12.2 Å². The summed E-state index contributed by atoms with van der Waals surface area (Å²) in [5.74, 6) is 0. The first-order chi connectivity index (χ1) is 11.7. The molecule has 0 bridgehead atoms. The highest BCUT2D eigenvalue weighted by molar-refractivity contribution is 5.89. The fraction of sp³-hybridized carbons (Fsp3) is 0.632. The van der Waals surface area contributed by atoms with Crippen molar-refractivity contribution in [3.8, 4) is 0 Å². The van der Waals surface area contributed by atoms with Gasteiger partial charge < -0.3 is 25.6 Å². The maximum Gasteiger partial charge on any atom is 0.319 e. The summed E-state index contributed by atoms with van der Waals surface area (Å²) in [6.45, 7) is 13.6. The third-order valence-electron chi connectivity index (χ3n) is 3.98. The molecule has 1 aromatic rings. The highest BCUT2D eigenvalue weighted by Gasteiger charge is 2.22. The fourth-order valence-electron chi connectivity index (χ4n) is 2.93. The van der Waals surface area contributed by atoms with Gasteiger partial charge >= 0.3 is 6.03 Å². The van der Waals surface area contributed by atoms with E-state index in [0.29, 0.717) is 6.54 Å². The Morgan fingerprint density at radius 3 is 2.28 bits per heavy atom. The average molecular weight is 348 g/mol. The van der Waals surface area contributed by atoms with Gasteiger partial charge in [0.25, 0.3) is 0 Å². The summed E-state index contributed by atoms with van der Waals surface area (Å²) in [6.07, 6.45) is 0.461. The number of rotatable bonds is 5. The fourth-order valence-corrected chi connectivity index (χ4v) is 2.93. The number of urea groups is 1. The average Bonchev–Trinajstić information content (AvgIpc) is 2.50. The summed E-state index contributed by atoms with van der Waals surface area (Å²) in [4.78, 5) is 14.3. The van der Waals surface area contributed by atoms with E-state index in [9.17, 15) is 4.79 Å². The monoisotopic (exact) mass is 348 g/mol. The van der Waals surface area contributed by atoms with Crippen LogP contribution >= 0.6 is 0 Å². The van der Waals surface area contributed by atoms with Crippen LogP contribution in [0.15, 0.2) is 24.3 Å². The number of anilines is 2. The van der Waals surface area contributed by atoms with Crippen LogP contribution in [0.2, 0.25) is 0 Å². The van der Waals surface area contributed by atoms with E-state index >= 15 is 0 Å². The predicted octanol–water partition coefficient (Wildman–Crippen LogP) is 2.81. The van der Waals surface area contributed by atoms with Crippen LogP contribution in [0.4, 0.5) is 16.2 Å². The molecule has 1 saturated heterocycles. The van der Waals surface area contributed by atoms with Gasteiger partial charge in [-0.1, -0.05) is 0 Å². The maximum atomic E-state index is 11.9. The number of morpholine rings is 1. The lowest BCUT2D eigenvalue weighted by Gasteiger charge is -2.36. The van der Waals surface area contributed by atoms with Crippen LogP contribution in [0.5, 0.6) is 0 Å². The lowest BCUT2D eigenvalue weighted by atomic mass is 10.1. The molecule has 0 unspecified atom stereocenters. The molecular weight excluding hydrogens is 316 g/mol. The smallest absolute Gasteiger partial charge is 0.319 e. The Morgan fingerprint density at radius 1 is 1.12 bits per heavy atom. The maximum absolute atomic E-state index is 11.9. The van der Waals surface area contributed by atoms with Crippen LogP contribution < -0.4 is 20.9 Å². The van der Waals surface area contributed by atoms with E-state index in [0.717, 1.165) is 31.0 Å². The van der Waals surface area contributed by atoms with Crippen molar-refractivity contribution < 1.29 is 9.53 Å². The highest BCUT2D eigenvalue weighted by atomic mass is 16.5. The molecule has 0 aliphatic carbocycles. The zero-order valence-corrected chi connectivity index (χ0v) is 16.1. The van der Waals surface area contributed by atoms with Crippen molar-refractivity contribution in [2.24, 2.45) is 0 Å². The van der Waals surface area contributed by atoms with E-state index in [4.69, 9.17) is 4.74 Å². The molecule has 0 radical (unpaired) electrons. The van der Waals surface area contributed by atoms with Crippen molar-refractivity contribution >= 4 is 17.4 Å². The van der Waals surface area contributed by atoms with E-state index in [-0.39, 0.29) is 23.8 Å². The Labute approximate surface area is 151 Å². The van der Waals surface area contributed by atoms with E-state index in [1.54, 1.807) is 0 Å². The number of benzene rings is 1. The summed E-state index contributed by atoms with van der Waals surface area (Å²) in [5.41, 5.74) is 2.00. The molecule has 2 rings (SSSR count). The third kappa shape index (κ3) is 6.92. The molecule has 0 spiro atoms. The summed E-state index contributed by atoms with van der Waals surface area (Å²) in [5, 5.41) is 9.05. The second-order valence-electron chi connectivity index (χ2n) is 7.77. The molecule has 1 fully saturated rings. The van der Waals surface area contributed by atoms with Crippen LogP contribution in [0, 0.1) is 0 Å². The lowest BCUT2D eigenvalue weighted by Crippen LogP contribution is -2.45. The van der Waals surface area contributed by atoms with Crippen LogP contribution in [0.3, 0.4) is 0 Å². The molecule has 1 aliphatic rings. The van der Waals surface area contributed by atoms with Crippen LogP contribution in [0.25, 0.3) is 0 Å². The zero-order chi connectivity index (χ0) is 18.4. The van der Waals surface area contributed by atoms with Gasteiger partial charge in [-0.25, -0.2) is 4.79 Å². The van der Waals surface area contributed by atoms with Gasteiger partial charge in [0.1, 0.15) is 0 Å². The van der Waals surface area contributed by atoms with Crippen LogP contribution in [-0.2, 0) is 4.74 Å². The van der Waals surface area contributed by atoms with Crippen molar-refractivity contribution in [3.63, 3.8) is 0 Å². The molecule has 140 valence electrons. The zero-order valence-electron chi connectivity index (χ0n) is 16.1. The first-order valence-corrected chi connectivity index (χ1v) is 9.03. The number of carbonyl (C=O) groups excluding carboxylic acids is 1. The topological polar surface area (TPSA) is 65.6 Å². The molecule has 0 saturated carbocycles. The number of ether oxygens (including phenoxy) is 1. The molecule has 2 atom stereocenters. The van der Waals surface area contributed by atoms with Crippen LogP contribution in [-0.4, -0.2) is 50.0 Å². The molecule has 1 aromatic carbocycles. The Balaban J connectivity index is 1.79. The number of amides is 2.